The van der Waals surface area contributed by atoms with E-state index in [9.17, 15) is 4.79 Å². The molecule has 0 radical (unpaired) electrons. The second-order valence-electron chi connectivity index (χ2n) is 5.09. The van der Waals surface area contributed by atoms with Gasteiger partial charge < -0.3 is 19.9 Å². The largest absolute Gasteiger partial charge is 0.368 e. The lowest BCUT2D eigenvalue weighted by atomic mass is 9.84. The summed E-state index contributed by atoms with van der Waals surface area (Å²) in [4.78, 5) is 10.2. The van der Waals surface area contributed by atoms with Crippen molar-refractivity contribution in [3.05, 3.63) is 0 Å². The van der Waals surface area contributed by atoms with E-state index in [0.717, 1.165) is 0 Å². The van der Waals surface area contributed by atoms with Crippen molar-refractivity contribution < 1.29 is 19.0 Å². The van der Waals surface area contributed by atoms with Gasteiger partial charge in [0.25, 0.3) is 0 Å². The molecule has 3 fully saturated rings. The summed E-state index contributed by atoms with van der Waals surface area (Å²) < 4.78 is 17.1. The first-order valence-electron chi connectivity index (χ1n) is 5.33. The van der Waals surface area contributed by atoms with Crippen LogP contribution in [0.2, 0.25) is 0 Å². The van der Waals surface area contributed by atoms with E-state index in [4.69, 9.17) is 31.5 Å². The van der Waals surface area contributed by atoms with Gasteiger partial charge in [0.05, 0.1) is 6.10 Å². The molecule has 0 aliphatic carbocycles. The summed E-state index contributed by atoms with van der Waals surface area (Å²) in [6.45, 7) is 3.68. The maximum Gasteiger partial charge on any atom is 0.241 e. The smallest absolute Gasteiger partial charge is 0.241 e. The molecule has 0 spiro atoms. The van der Waals surface area contributed by atoms with Gasteiger partial charge in [-0.15, -0.1) is 11.6 Å². The number of nitrogens with two attached hydrogens (primary N) is 1. The molecule has 1 amide bonds. The molecule has 6 heteroatoms. The predicted molar refractivity (Wildman–Crippen MR) is 54.9 cm³/mol. The quantitative estimate of drug-likeness (QED) is 0.669. The summed E-state index contributed by atoms with van der Waals surface area (Å²) >= 11 is 6.23. The number of fused-ring (bicyclic) bond motifs is 5. The van der Waals surface area contributed by atoms with E-state index in [-0.39, 0.29) is 18.3 Å². The number of hydrogen-bond acceptors (Lipinski definition) is 4. The summed E-state index contributed by atoms with van der Waals surface area (Å²) in [5.74, 6) is -1.19. The highest BCUT2D eigenvalue weighted by Crippen LogP contribution is 2.52. The zero-order chi connectivity index (χ0) is 11.7. The summed E-state index contributed by atoms with van der Waals surface area (Å²) in [5.41, 5.74) is 5.32. The normalized spacial score (nSPS) is 52.9. The zero-order valence-electron chi connectivity index (χ0n) is 9.10. The molecule has 3 heterocycles. The highest BCUT2D eigenvalue weighted by atomic mass is 35.5. The molecule has 3 aliphatic rings. The minimum Gasteiger partial charge on any atom is -0.368 e. The van der Waals surface area contributed by atoms with E-state index in [2.05, 4.69) is 0 Å². The Kier molecular flexibility index (Phi) is 1.95. The molecular weight excluding hydrogens is 234 g/mol. The van der Waals surface area contributed by atoms with Crippen molar-refractivity contribution in [3.8, 4) is 0 Å². The SMILES string of the molecule is CC1(C)O[C@@H]2[C@H](O1)[C@@H]1O[C@H]2C[C@@]1(Cl)C(N)=O. The van der Waals surface area contributed by atoms with Crippen molar-refractivity contribution in [2.24, 2.45) is 5.73 Å². The van der Waals surface area contributed by atoms with Crippen molar-refractivity contribution in [1.29, 1.82) is 0 Å². The van der Waals surface area contributed by atoms with Crippen LogP contribution in [-0.4, -0.2) is 41.0 Å². The topological polar surface area (TPSA) is 70.8 Å². The van der Waals surface area contributed by atoms with E-state index in [1.54, 1.807) is 0 Å². The number of carbonyl (C=O) groups excluding carboxylic acids is 1. The van der Waals surface area contributed by atoms with Gasteiger partial charge in [0, 0.05) is 6.42 Å². The summed E-state index contributed by atoms with van der Waals surface area (Å²) in [5, 5.41) is 0. The van der Waals surface area contributed by atoms with Gasteiger partial charge in [-0.3, -0.25) is 4.79 Å². The number of rotatable bonds is 1. The molecule has 3 saturated heterocycles. The minimum absolute atomic E-state index is 0.133. The van der Waals surface area contributed by atoms with E-state index < -0.39 is 22.7 Å². The highest BCUT2D eigenvalue weighted by molar-refractivity contribution is 6.35. The van der Waals surface area contributed by atoms with Crippen molar-refractivity contribution in [2.45, 2.75) is 55.3 Å². The molecule has 0 aromatic rings. The Hall–Kier alpha value is -0.360. The Morgan fingerprint density at radius 3 is 2.62 bits per heavy atom. The molecule has 0 unspecified atom stereocenters. The Labute approximate surface area is 98.2 Å². The van der Waals surface area contributed by atoms with Crippen molar-refractivity contribution in [2.75, 3.05) is 0 Å². The van der Waals surface area contributed by atoms with Crippen LogP contribution in [0.3, 0.4) is 0 Å². The second kappa shape index (κ2) is 2.90. The average molecular weight is 248 g/mol. The van der Waals surface area contributed by atoms with Gasteiger partial charge in [0.15, 0.2) is 10.7 Å². The van der Waals surface area contributed by atoms with Crippen molar-refractivity contribution in [1.82, 2.24) is 0 Å². The summed E-state index contributed by atoms with van der Waals surface area (Å²) in [7, 11) is 0. The van der Waals surface area contributed by atoms with Crippen LogP contribution in [-0.2, 0) is 19.0 Å². The first-order valence-corrected chi connectivity index (χ1v) is 5.71. The van der Waals surface area contributed by atoms with Gasteiger partial charge >= 0.3 is 0 Å². The first kappa shape index (κ1) is 10.8. The molecule has 5 nitrogen and oxygen atoms in total. The van der Waals surface area contributed by atoms with Gasteiger partial charge in [-0.05, 0) is 13.8 Å². The lowest BCUT2D eigenvalue weighted by Gasteiger charge is -2.30. The fourth-order valence-corrected chi connectivity index (χ4v) is 3.19. The lowest BCUT2D eigenvalue weighted by molar-refractivity contribution is -0.178. The number of carbonyl (C=O) groups is 1. The molecule has 3 aliphatic heterocycles. The van der Waals surface area contributed by atoms with E-state index in [1.807, 2.05) is 13.8 Å². The van der Waals surface area contributed by atoms with Crippen LogP contribution in [0, 0.1) is 0 Å². The molecule has 2 N–H and O–H groups in total. The van der Waals surface area contributed by atoms with Gasteiger partial charge in [0.2, 0.25) is 5.91 Å². The average Bonchev–Trinajstić information content (AvgIpc) is 2.71. The van der Waals surface area contributed by atoms with Crippen molar-refractivity contribution in [3.63, 3.8) is 0 Å². The molecule has 5 atom stereocenters. The number of primary amides is 1. The van der Waals surface area contributed by atoms with Crippen LogP contribution in [0.15, 0.2) is 0 Å². The molecule has 0 aromatic carbocycles. The van der Waals surface area contributed by atoms with Crippen LogP contribution in [0.1, 0.15) is 20.3 Å². The maximum absolute atomic E-state index is 11.4. The fraction of sp³-hybridized carbons (Fsp3) is 0.900. The number of hydrogen-bond donors (Lipinski definition) is 1. The van der Waals surface area contributed by atoms with Gasteiger partial charge in [-0.1, -0.05) is 0 Å². The maximum atomic E-state index is 11.4. The summed E-state index contributed by atoms with van der Waals surface area (Å²) in [6, 6.07) is 0. The summed E-state index contributed by atoms with van der Waals surface area (Å²) in [6.07, 6.45) is -0.718. The van der Waals surface area contributed by atoms with Crippen LogP contribution in [0.25, 0.3) is 0 Å². The fourth-order valence-electron chi connectivity index (χ4n) is 2.86. The van der Waals surface area contributed by atoms with E-state index in [0.29, 0.717) is 6.42 Å². The van der Waals surface area contributed by atoms with Crippen LogP contribution >= 0.6 is 11.6 Å². The third-order valence-corrected chi connectivity index (χ3v) is 4.06. The lowest BCUT2D eigenvalue weighted by Crippen LogP contribution is -2.54. The van der Waals surface area contributed by atoms with Crippen LogP contribution in [0.5, 0.6) is 0 Å². The standard InChI is InChI=1S/C10H14ClNO4/c1-9(2)15-5-4-3-10(11,8(12)13)7(14-4)6(5)16-9/h4-7H,3H2,1-2H3,(H2,12,13)/t4-,5-,6-,7-,10-/m0/s1. The molecule has 16 heavy (non-hydrogen) atoms. The molecule has 0 aromatic heterocycles. The predicted octanol–water partition coefficient (Wildman–Crippen LogP) is 0.140. The number of ether oxygens (including phenoxy) is 3. The number of halogens is 1. The zero-order valence-corrected chi connectivity index (χ0v) is 9.86. The van der Waals surface area contributed by atoms with E-state index in [1.165, 1.54) is 0 Å². The second-order valence-corrected chi connectivity index (χ2v) is 5.77. The molecule has 2 bridgehead atoms. The third kappa shape index (κ3) is 1.20. The molecular formula is C10H14ClNO4. The van der Waals surface area contributed by atoms with Gasteiger partial charge in [0.1, 0.15) is 18.3 Å². The van der Waals surface area contributed by atoms with Gasteiger partial charge in [-0.2, -0.15) is 0 Å². The van der Waals surface area contributed by atoms with Crippen LogP contribution in [0.4, 0.5) is 0 Å². The molecule has 3 rings (SSSR count). The monoisotopic (exact) mass is 247 g/mol. The van der Waals surface area contributed by atoms with Crippen molar-refractivity contribution >= 4 is 17.5 Å². The highest BCUT2D eigenvalue weighted by Gasteiger charge is 2.68. The molecule has 0 saturated carbocycles. The van der Waals surface area contributed by atoms with E-state index >= 15 is 0 Å². The Balaban J connectivity index is 1.91. The van der Waals surface area contributed by atoms with Crippen LogP contribution < -0.4 is 5.73 Å². The number of amides is 1. The Bertz CT molecular complexity index is 361. The Morgan fingerprint density at radius 2 is 2.00 bits per heavy atom. The third-order valence-electron chi connectivity index (χ3n) is 3.51. The minimum atomic E-state index is -1.14. The molecule has 90 valence electrons. The number of alkyl halides is 1. The Morgan fingerprint density at radius 1 is 1.38 bits per heavy atom. The van der Waals surface area contributed by atoms with Gasteiger partial charge in [-0.25, -0.2) is 0 Å². The first-order chi connectivity index (χ1) is 7.33.